The van der Waals surface area contributed by atoms with Gasteiger partial charge in [-0.2, -0.15) is 0 Å². The van der Waals surface area contributed by atoms with Gasteiger partial charge in [-0.15, -0.1) is 0 Å². The molecule has 2 rings (SSSR count). The van der Waals surface area contributed by atoms with E-state index in [9.17, 15) is 5.11 Å². The van der Waals surface area contributed by atoms with E-state index >= 15 is 0 Å². The lowest BCUT2D eigenvalue weighted by atomic mass is 9.91. The summed E-state index contributed by atoms with van der Waals surface area (Å²) in [7, 11) is 0. The van der Waals surface area contributed by atoms with Gasteiger partial charge in [-0.05, 0) is 43.6 Å². The second-order valence-corrected chi connectivity index (χ2v) is 6.00. The second kappa shape index (κ2) is 8.32. The number of aryl methyl sites for hydroxylation is 1. The van der Waals surface area contributed by atoms with E-state index in [-0.39, 0.29) is 17.9 Å². The molecule has 1 aromatic carbocycles. The maximum atomic E-state index is 9.99. The summed E-state index contributed by atoms with van der Waals surface area (Å²) < 4.78 is 0. The number of hydrogen-bond acceptors (Lipinski definition) is 3. The Morgan fingerprint density at radius 2 is 1.90 bits per heavy atom. The molecule has 1 aliphatic rings. The van der Waals surface area contributed by atoms with Crippen LogP contribution in [0.3, 0.4) is 0 Å². The van der Waals surface area contributed by atoms with E-state index in [0.717, 1.165) is 32.1 Å². The summed E-state index contributed by atoms with van der Waals surface area (Å²) in [6.45, 7) is 0. The van der Waals surface area contributed by atoms with Crippen molar-refractivity contribution >= 4 is 0 Å². The second-order valence-electron chi connectivity index (χ2n) is 6.00. The van der Waals surface area contributed by atoms with Crippen LogP contribution >= 0.6 is 0 Å². The van der Waals surface area contributed by atoms with E-state index in [2.05, 4.69) is 36.4 Å². The third kappa shape index (κ3) is 5.27. The molecule has 21 heavy (non-hydrogen) atoms. The highest BCUT2D eigenvalue weighted by molar-refractivity contribution is 5.14. The Balaban J connectivity index is 1.74. The molecular weight excluding hydrogens is 264 g/mol. The molecule has 3 N–H and O–H groups in total. The van der Waals surface area contributed by atoms with Gasteiger partial charge in [-0.25, -0.2) is 0 Å². The van der Waals surface area contributed by atoms with Gasteiger partial charge < -0.3 is 15.3 Å². The summed E-state index contributed by atoms with van der Waals surface area (Å²) in [5.41, 5.74) is 1.35. The molecule has 0 saturated heterocycles. The Morgan fingerprint density at radius 3 is 2.62 bits per heavy atom. The van der Waals surface area contributed by atoms with Crippen molar-refractivity contribution in [1.29, 1.82) is 0 Å². The molecule has 1 saturated carbocycles. The first-order valence-electron chi connectivity index (χ1n) is 7.91. The largest absolute Gasteiger partial charge is 0.393 e. The van der Waals surface area contributed by atoms with Crippen LogP contribution in [0.4, 0.5) is 0 Å². The maximum Gasteiger partial charge on any atom is 0.151 e. The molecule has 0 spiro atoms. The minimum Gasteiger partial charge on any atom is -0.393 e. The maximum absolute atomic E-state index is 9.99. The van der Waals surface area contributed by atoms with E-state index in [1.165, 1.54) is 5.56 Å². The van der Waals surface area contributed by atoms with E-state index in [1.54, 1.807) is 0 Å². The van der Waals surface area contributed by atoms with Crippen LogP contribution in [0.1, 0.15) is 37.7 Å². The molecule has 3 unspecified atom stereocenters. The standard InChI is InChI=1S/C18H26O3/c19-17-12-11-15(13-18(20)21)16(17)10-6-2-5-9-14-7-3-1-4-8-14/h1,3-4,6-8,10,15-21H,2,5,9,11-13H2. The number of aliphatic hydroxyl groups is 3. The fourth-order valence-corrected chi connectivity index (χ4v) is 3.24. The topological polar surface area (TPSA) is 60.7 Å². The highest BCUT2D eigenvalue weighted by atomic mass is 16.5. The third-order valence-corrected chi connectivity index (χ3v) is 4.37. The van der Waals surface area contributed by atoms with Crippen molar-refractivity contribution in [1.82, 2.24) is 0 Å². The Hall–Kier alpha value is -1.16. The van der Waals surface area contributed by atoms with Gasteiger partial charge >= 0.3 is 0 Å². The number of hydrogen-bond donors (Lipinski definition) is 3. The quantitative estimate of drug-likeness (QED) is 0.411. The molecule has 0 amide bonds. The zero-order valence-corrected chi connectivity index (χ0v) is 12.4. The predicted molar refractivity (Wildman–Crippen MR) is 83.6 cm³/mol. The molecule has 3 atom stereocenters. The molecule has 0 heterocycles. The average molecular weight is 290 g/mol. The van der Waals surface area contributed by atoms with Crippen LogP contribution in [0.25, 0.3) is 0 Å². The molecule has 1 aliphatic carbocycles. The predicted octanol–water partition coefficient (Wildman–Crippen LogP) is 2.65. The smallest absolute Gasteiger partial charge is 0.151 e. The Kier molecular flexibility index (Phi) is 6.43. The minimum absolute atomic E-state index is 0.0727. The minimum atomic E-state index is -1.27. The summed E-state index contributed by atoms with van der Waals surface area (Å²) in [5, 5.41) is 28.2. The van der Waals surface area contributed by atoms with Crippen molar-refractivity contribution in [3.63, 3.8) is 0 Å². The molecule has 3 nitrogen and oxygen atoms in total. The lowest BCUT2D eigenvalue weighted by molar-refractivity contribution is -0.0592. The fourth-order valence-electron chi connectivity index (χ4n) is 3.24. The van der Waals surface area contributed by atoms with Gasteiger partial charge in [-0.1, -0.05) is 42.5 Å². The van der Waals surface area contributed by atoms with E-state index in [1.807, 2.05) is 6.07 Å². The summed E-state index contributed by atoms with van der Waals surface area (Å²) in [6, 6.07) is 10.4. The lowest BCUT2D eigenvalue weighted by Gasteiger charge is -2.19. The molecule has 0 aliphatic heterocycles. The zero-order valence-electron chi connectivity index (χ0n) is 12.4. The number of rotatable bonds is 7. The summed E-state index contributed by atoms with van der Waals surface area (Å²) in [5.74, 6) is 0.258. The van der Waals surface area contributed by atoms with E-state index in [0.29, 0.717) is 6.42 Å². The molecule has 0 bridgehead atoms. The molecule has 0 radical (unpaired) electrons. The van der Waals surface area contributed by atoms with Crippen molar-refractivity contribution in [2.24, 2.45) is 11.8 Å². The monoisotopic (exact) mass is 290 g/mol. The third-order valence-electron chi connectivity index (χ3n) is 4.37. The van der Waals surface area contributed by atoms with Gasteiger partial charge in [0.25, 0.3) is 0 Å². The number of unbranched alkanes of at least 4 members (excludes halogenated alkanes) is 1. The van der Waals surface area contributed by atoms with Gasteiger partial charge in [0, 0.05) is 12.3 Å². The number of aliphatic hydroxyl groups excluding tert-OH is 2. The molecule has 1 aromatic rings. The Morgan fingerprint density at radius 1 is 1.14 bits per heavy atom. The SMILES string of the molecule is OC(O)CC1CCC(O)C1C=CCCCc1ccccc1. The summed E-state index contributed by atoms with van der Waals surface area (Å²) in [4.78, 5) is 0. The van der Waals surface area contributed by atoms with Crippen LogP contribution in [-0.4, -0.2) is 27.7 Å². The van der Waals surface area contributed by atoms with Crippen LogP contribution in [0, 0.1) is 11.8 Å². The van der Waals surface area contributed by atoms with Crippen LogP contribution in [0.15, 0.2) is 42.5 Å². The summed E-state index contributed by atoms with van der Waals surface area (Å²) in [6.07, 6.45) is 7.76. The molecule has 1 fully saturated rings. The first kappa shape index (κ1) is 16.2. The van der Waals surface area contributed by atoms with Crippen molar-refractivity contribution in [2.75, 3.05) is 0 Å². The van der Waals surface area contributed by atoms with Gasteiger partial charge in [0.1, 0.15) is 0 Å². The zero-order chi connectivity index (χ0) is 15.1. The molecular formula is C18H26O3. The first-order chi connectivity index (χ1) is 10.2. The van der Waals surface area contributed by atoms with Gasteiger partial charge in [-0.3, -0.25) is 0 Å². The highest BCUT2D eigenvalue weighted by Gasteiger charge is 2.33. The van der Waals surface area contributed by atoms with Crippen LogP contribution in [0.5, 0.6) is 0 Å². The van der Waals surface area contributed by atoms with Crippen molar-refractivity contribution in [3.05, 3.63) is 48.0 Å². The van der Waals surface area contributed by atoms with E-state index < -0.39 is 6.29 Å². The molecule has 0 aromatic heterocycles. The van der Waals surface area contributed by atoms with Crippen LogP contribution in [-0.2, 0) is 6.42 Å². The van der Waals surface area contributed by atoms with Crippen molar-refractivity contribution in [3.8, 4) is 0 Å². The number of allylic oxidation sites excluding steroid dienone is 1. The van der Waals surface area contributed by atoms with Gasteiger partial charge in [0.15, 0.2) is 6.29 Å². The normalized spacial score (nSPS) is 26.0. The summed E-state index contributed by atoms with van der Waals surface area (Å²) >= 11 is 0. The molecule has 3 heteroatoms. The van der Waals surface area contributed by atoms with Gasteiger partial charge in [0.05, 0.1) is 6.10 Å². The average Bonchev–Trinajstić information content (AvgIpc) is 2.80. The molecule has 116 valence electrons. The highest BCUT2D eigenvalue weighted by Crippen LogP contribution is 2.36. The van der Waals surface area contributed by atoms with Crippen LogP contribution in [0.2, 0.25) is 0 Å². The number of benzene rings is 1. The Labute approximate surface area is 126 Å². The van der Waals surface area contributed by atoms with Crippen LogP contribution < -0.4 is 0 Å². The fraction of sp³-hybridized carbons (Fsp3) is 0.556. The van der Waals surface area contributed by atoms with Crippen molar-refractivity contribution < 1.29 is 15.3 Å². The Bertz CT molecular complexity index is 427. The first-order valence-corrected chi connectivity index (χ1v) is 7.91. The van der Waals surface area contributed by atoms with Crippen molar-refractivity contribution in [2.45, 2.75) is 50.9 Å². The van der Waals surface area contributed by atoms with E-state index in [4.69, 9.17) is 10.2 Å². The van der Waals surface area contributed by atoms with Gasteiger partial charge in [0.2, 0.25) is 0 Å². The lowest BCUT2D eigenvalue weighted by Crippen LogP contribution is -2.20.